The molecule has 2 rings (SSSR count). The molecule has 0 amide bonds. The van der Waals surface area contributed by atoms with Gasteiger partial charge in [0.1, 0.15) is 0 Å². The molecular formula is C12H14N2S. The van der Waals surface area contributed by atoms with Crippen molar-refractivity contribution in [3.8, 4) is 0 Å². The van der Waals surface area contributed by atoms with Gasteiger partial charge < -0.3 is 5.32 Å². The predicted molar refractivity (Wildman–Crippen MR) is 65.4 cm³/mol. The van der Waals surface area contributed by atoms with Crippen LogP contribution in [0.2, 0.25) is 0 Å². The lowest BCUT2D eigenvalue weighted by atomic mass is 10.2. The summed E-state index contributed by atoms with van der Waals surface area (Å²) in [5.41, 5.74) is 3.25. The highest BCUT2D eigenvalue weighted by Crippen LogP contribution is 2.15. The lowest BCUT2D eigenvalue weighted by molar-refractivity contribution is 1.09. The molecule has 0 aromatic carbocycles. The van der Waals surface area contributed by atoms with Crippen molar-refractivity contribution in [3.05, 3.63) is 45.9 Å². The smallest absolute Gasteiger partial charge is 0.0607 e. The Hall–Kier alpha value is -1.35. The first-order chi connectivity index (χ1) is 7.25. The zero-order chi connectivity index (χ0) is 10.7. The molecule has 2 heterocycles. The number of thiophene rings is 1. The third-order valence-electron chi connectivity index (χ3n) is 2.26. The van der Waals surface area contributed by atoms with Gasteiger partial charge in [-0.25, -0.2) is 0 Å². The van der Waals surface area contributed by atoms with Crippen LogP contribution in [-0.2, 0) is 6.54 Å². The Kier molecular flexibility index (Phi) is 3.02. The maximum absolute atomic E-state index is 4.41. The predicted octanol–water partition coefficient (Wildman–Crippen LogP) is 3.37. The van der Waals surface area contributed by atoms with Crippen molar-refractivity contribution in [1.82, 2.24) is 4.98 Å². The van der Waals surface area contributed by atoms with Gasteiger partial charge in [-0.3, -0.25) is 4.98 Å². The van der Waals surface area contributed by atoms with E-state index >= 15 is 0 Å². The van der Waals surface area contributed by atoms with E-state index in [-0.39, 0.29) is 0 Å². The van der Waals surface area contributed by atoms with Crippen LogP contribution < -0.4 is 5.32 Å². The number of nitrogens with one attached hydrogen (secondary N) is 1. The molecule has 0 atom stereocenters. The molecule has 0 spiro atoms. The van der Waals surface area contributed by atoms with E-state index < -0.39 is 0 Å². The summed E-state index contributed by atoms with van der Waals surface area (Å²) in [5, 5.41) is 5.48. The van der Waals surface area contributed by atoms with E-state index in [0.29, 0.717) is 0 Å². The molecule has 0 radical (unpaired) electrons. The highest BCUT2D eigenvalue weighted by Gasteiger charge is 1.99. The summed E-state index contributed by atoms with van der Waals surface area (Å²) in [7, 11) is 0. The fraction of sp³-hybridized carbons (Fsp3) is 0.250. The highest BCUT2D eigenvalue weighted by atomic mass is 32.1. The Bertz CT molecular complexity index is 435. The Morgan fingerprint density at radius 1 is 1.27 bits per heavy atom. The summed E-state index contributed by atoms with van der Waals surface area (Å²) in [6.45, 7) is 4.92. The summed E-state index contributed by atoms with van der Waals surface area (Å²) < 4.78 is 0. The van der Waals surface area contributed by atoms with Gasteiger partial charge in [0, 0.05) is 17.1 Å². The maximum Gasteiger partial charge on any atom is 0.0607 e. The molecule has 0 saturated heterocycles. The van der Waals surface area contributed by atoms with Crippen LogP contribution in [0.25, 0.3) is 0 Å². The second kappa shape index (κ2) is 4.45. The van der Waals surface area contributed by atoms with E-state index in [2.05, 4.69) is 33.9 Å². The topological polar surface area (TPSA) is 24.9 Å². The Labute approximate surface area is 94.0 Å². The van der Waals surface area contributed by atoms with Crippen LogP contribution in [0.15, 0.2) is 29.6 Å². The van der Waals surface area contributed by atoms with Gasteiger partial charge in [0.15, 0.2) is 0 Å². The van der Waals surface area contributed by atoms with Gasteiger partial charge in [-0.05, 0) is 37.4 Å². The largest absolute Gasteiger partial charge is 0.379 e. The molecule has 15 heavy (non-hydrogen) atoms. The molecule has 2 aromatic rings. The van der Waals surface area contributed by atoms with Crippen molar-refractivity contribution in [2.75, 3.05) is 5.32 Å². The zero-order valence-corrected chi connectivity index (χ0v) is 9.77. The molecule has 0 aliphatic heterocycles. The second-order valence-electron chi connectivity index (χ2n) is 3.52. The minimum absolute atomic E-state index is 0.878. The number of nitrogens with zero attached hydrogens (tertiary/aromatic N) is 1. The summed E-state index contributed by atoms with van der Waals surface area (Å²) in [6, 6.07) is 8.32. The minimum Gasteiger partial charge on any atom is -0.379 e. The lowest BCUT2D eigenvalue weighted by Crippen LogP contribution is -2.01. The van der Waals surface area contributed by atoms with E-state index in [4.69, 9.17) is 0 Å². The molecule has 2 aromatic heterocycles. The van der Waals surface area contributed by atoms with Gasteiger partial charge in [0.2, 0.25) is 0 Å². The fourth-order valence-corrected chi connectivity index (χ4v) is 2.11. The summed E-state index contributed by atoms with van der Waals surface area (Å²) in [6.07, 6.45) is 0. The van der Waals surface area contributed by atoms with Crippen LogP contribution in [0, 0.1) is 13.8 Å². The summed E-state index contributed by atoms with van der Waals surface area (Å²) >= 11 is 1.77. The third kappa shape index (κ3) is 2.57. The van der Waals surface area contributed by atoms with Crippen molar-refractivity contribution in [2.45, 2.75) is 20.4 Å². The number of pyridine rings is 1. The van der Waals surface area contributed by atoms with Crippen molar-refractivity contribution < 1.29 is 0 Å². The van der Waals surface area contributed by atoms with Crippen LogP contribution in [0.5, 0.6) is 0 Å². The van der Waals surface area contributed by atoms with Crippen LogP contribution >= 0.6 is 11.3 Å². The van der Waals surface area contributed by atoms with Gasteiger partial charge in [-0.1, -0.05) is 6.07 Å². The normalized spacial score (nSPS) is 10.3. The van der Waals surface area contributed by atoms with E-state index in [0.717, 1.165) is 23.6 Å². The second-order valence-corrected chi connectivity index (χ2v) is 4.55. The summed E-state index contributed by atoms with van der Waals surface area (Å²) in [5.74, 6) is 0. The van der Waals surface area contributed by atoms with Gasteiger partial charge in [-0.15, -0.1) is 11.3 Å². The lowest BCUT2D eigenvalue weighted by Gasteiger charge is -2.08. The van der Waals surface area contributed by atoms with E-state index in [9.17, 15) is 0 Å². The van der Waals surface area contributed by atoms with Gasteiger partial charge in [0.05, 0.1) is 11.4 Å². The summed E-state index contributed by atoms with van der Waals surface area (Å²) in [4.78, 5) is 5.76. The zero-order valence-electron chi connectivity index (χ0n) is 8.95. The Balaban J connectivity index is 2.05. The highest BCUT2D eigenvalue weighted by molar-refractivity contribution is 7.09. The van der Waals surface area contributed by atoms with Crippen molar-refractivity contribution >= 4 is 17.0 Å². The average molecular weight is 218 g/mol. The van der Waals surface area contributed by atoms with Crippen LogP contribution in [-0.4, -0.2) is 4.98 Å². The van der Waals surface area contributed by atoms with E-state index in [1.807, 2.05) is 19.9 Å². The monoisotopic (exact) mass is 218 g/mol. The van der Waals surface area contributed by atoms with Gasteiger partial charge in [0.25, 0.3) is 0 Å². The number of hydrogen-bond donors (Lipinski definition) is 1. The third-order valence-corrected chi connectivity index (χ3v) is 3.13. The molecule has 0 fully saturated rings. The van der Waals surface area contributed by atoms with Gasteiger partial charge >= 0.3 is 0 Å². The SMILES string of the molecule is Cc1ccc(NCc2cccs2)c(C)n1. The quantitative estimate of drug-likeness (QED) is 0.854. The first kappa shape index (κ1) is 10.2. The Morgan fingerprint density at radius 3 is 2.80 bits per heavy atom. The minimum atomic E-state index is 0.878. The van der Waals surface area contributed by atoms with Crippen LogP contribution in [0.4, 0.5) is 5.69 Å². The molecular weight excluding hydrogens is 204 g/mol. The van der Waals surface area contributed by atoms with Crippen molar-refractivity contribution in [2.24, 2.45) is 0 Å². The maximum atomic E-state index is 4.41. The number of aromatic nitrogens is 1. The van der Waals surface area contributed by atoms with Crippen LogP contribution in [0.1, 0.15) is 16.3 Å². The first-order valence-electron chi connectivity index (χ1n) is 4.96. The standard InChI is InChI=1S/C12H14N2S/c1-9-5-6-12(10(2)14-9)13-8-11-4-3-7-15-11/h3-7,13H,8H2,1-2H3. The Morgan fingerprint density at radius 2 is 2.13 bits per heavy atom. The molecule has 1 N–H and O–H groups in total. The van der Waals surface area contributed by atoms with Gasteiger partial charge in [-0.2, -0.15) is 0 Å². The number of anilines is 1. The van der Waals surface area contributed by atoms with E-state index in [1.165, 1.54) is 4.88 Å². The fourth-order valence-electron chi connectivity index (χ4n) is 1.47. The molecule has 0 saturated carbocycles. The van der Waals surface area contributed by atoms with Crippen molar-refractivity contribution in [1.29, 1.82) is 0 Å². The average Bonchev–Trinajstić information content (AvgIpc) is 2.69. The number of hydrogen-bond acceptors (Lipinski definition) is 3. The first-order valence-corrected chi connectivity index (χ1v) is 5.84. The molecule has 0 aliphatic carbocycles. The molecule has 0 unspecified atom stereocenters. The molecule has 0 bridgehead atoms. The van der Waals surface area contributed by atoms with Crippen LogP contribution in [0.3, 0.4) is 0 Å². The number of rotatable bonds is 3. The molecule has 3 heteroatoms. The van der Waals surface area contributed by atoms with Crippen molar-refractivity contribution in [3.63, 3.8) is 0 Å². The van der Waals surface area contributed by atoms with E-state index in [1.54, 1.807) is 11.3 Å². The number of aryl methyl sites for hydroxylation is 2. The molecule has 0 aliphatic rings. The molecule has 2 nitrogen and oxygen atoms in total. The molecule has 78 valence electrons.